The Hall–Kier alpha value is -3.94. The predicted octanol–water partition coefficient (Wildman–Crippen LogP) is 2.80. The first-order valence-electron chi connectivity index (χ1n) is 11.8. The maximum atomic E-state index is 4.53. The van der Waals surface area contributed by atoms with Crippen molar-refractivity contribution in [3.8, 4) is 0 Å². The van der Waals surface area contributed by atoms with Crippen LogP contribution in [-0.4, -0.2) is 50.5 Å². The number of hydrazone groups is 2. The maximum absolute atomic E-state index is 4.53. The molecule has 0 saturated heterocycles. The van der Waals surface area contributed by atoms with E-state index in [2.05, 4.69) is 104 Å². The van der Waals surface area contributed by atoms with Crippen molar-refractivity contribution in [1.29, 1.82) is 0 Å². The van der Waals surface area contributed by atoms with Gasteiger partial charge in [0.2, 0.25) is 11.9 Å². The fourth-order valence-corrected chi connectivity index (χ4v) is 4.25. The van der Waals surface area contributed by atoms with E-state index in [0.29, 0.717) is 23.8 Å². The van der Waals surface area contributed by atoms with Crippen molar-refractivity contribution in [3.05, 3.63) is 57.7 Å². The van der Waals surface area contributed by atoms with Crippen LogP contribution < -0.4 is 21.5 Å². The standard InChI is InChI=1S/C26H30N8/c1-17-3-7-19-20(8-4-17)24(16-32-34-26-29-13-14-30-26)22-10-6-18(2)5-9-21(22)23(19)15-31-33-25-27-11-12-28-25/h3-10,15-18H,11-14H2,1-2H3,(H2,27,28,33)(H2,29,30,34)/b31-15+,32-16+. The first kappa shape index (κ1) is 21.9. The van der Waals surface area contributed by atoms with E-state index in [0.717, 1.165) is 59.6 Å². The summed E-state index contributed by atoms with van der Waals surface area (Å²) in [5.41, 5.74) is 12.7. The van der Waals surface area contributed by atoms with Gasteiger partial charge in [0, 0.05) is 24.2 Å². The summed E-state index contributed by atoms with van der Waals surface area (Å²) < 4.78 is 0. The second-order valence-electron chi connectivity index (χ2n) is 8.69. The molecule has 1 aromatic carbocycles. The second-order valence-corrected chi connectivity index (χ2v) is 8.69. The summed E-state index contributed by atoms with van der Waals surface area (Å²) in [6.07, 6.45) is 21.5. The first-order valence-corrected chi connectivity index (χ1v) is 11.8. The van der Waals surface area contributed by atoms with Crippen LogP contribution in [0.2, 0.25) is 0 Å². The van der Waals surface area contributed by atoms with E-state index in [1.54, 1.807) is 0 Å². The average Bonchev–Trinajstić information content (AvgIpc) is 3.47. The average molecular weight is 455 g/mol. The summed E-state index contributed by atoms with van der Waals surface area (Å²) in [4.78, 5) is 8.73. The summed E-state index contributed by atoms with van der Waals surface area (Å²) in [7, 11) is 0. The lowest BCUT2D eigenvalue weighted by Crippen LogP contribution is -2.30. The molecule has 0 saturated carbocycles. The molecule has 0 spiro atoms. The van der Waals surface area contributed by atoms with Gasteiger partial charge in [-0.05, 0) is 34.1 Å². The van der Waals surface area contributed by atoms with Gasteiger partial charge in [0.05, 0.1) is 25.5 Å². The third kappa shape index (κ3) is 4.71. The number of guanidine groups is 2. The lowest BCUT2D eigenvalue weighted by molar-refractivity contribution is 0.919. The van der Waals surface area contributed by atoms with Crippen LogP contribution in [0.5, 0.6) is 0 Å². The third-order valence-corrected chi connectivity index (χ3v) is 6.08. The molecule has 1 aromatic rings. The molecule has 0 amide bonds. The molecule has 4 N–H and O–H groups in total. The largest absolute Gasteiger partial charge is 0.353 e. The Morgan fingerprint density at radius 2 is 1.09 bits per heavy atom. The smallest absolute Gasteiger partial charge is 0.212 e. The van der Waals surface area contributed by atoms with Crippen molar-refractivity contribution in [2.24, 2.45) is 32.0 Å². The molecular weight excluding hydrogens is 424 g/mol. The Morgan fingerprint density at radius 3 is 1.41 bits per heavy atom. The molecule has 2 aliphatic heterocycles. The zero-order valence-electron chi connectivity index (χ0n) is 19.5. The molecule has 5 rings (SSSR count). The van der Waals surface area contributed by atoms with Gasteiger partial charge in [-0.2, -0.15) is 10.2 Å². The third-order valence-electron chi connectivity index (χ3n) is 6.08. The number of benzene rings is 1. The van der Waals surface area contributed by atoms with E-state index in [1.165, 1.54) is 0 Å². The summed E-state index contributed by atoms with van der Waals surface area (Å²) in [5.74, 6) is 2.08. The Labute approximate surface area is 200 Å². The topological polar surface area (TPSA) is 97.6 Å². The molecule has 2 aliphatic carbocycles. The number of allylic oxidation sites excluding steroid dienone is 4. The molecule has 0 aromatic heterocycles. The number of aliphatic imine (C=N–C) groups is 2. The number of nitrogens with zero attached hydrogens (tertiary/aromatic N) is 4. The highest BCUT2D eigenvalue weighted by molar-refractivity contribution is 6.03. The van der Waals surface area contributed by atoms with Gasteiger partial charge in [-0.25, -0.2) is 20.8 Å². The van der Waals surface area contributed by atoms with Crippen LogP contribution in [0.1, 0.15) is 47.2 Å². The molecular formula is C26H30N8. The Kier molecular flexibility index (Phi) is 6.38. The van der Waals surface area contributed by atoms with Crippen LogP contribution in [0.15, 0.2) is 44.5 Å². The summed E-state index contributed by atoms with van der Waals surface area (Å²) >= 11 is 0. The van der Waals surface area contributed by atoms with Crippen LogP contribution >= 0.6 is 0 Å². The lowest BCUT2D eigenvalue weighted by atomic mass is 9.87. The van der Waals surface area contributed by atoms with Gasteiger partial charge in [-0.1, -0.05) is 62.5 Å². The van der Waals surface area contributed by atoms with Crippen LogP contribution in [0.3, 0.4) is 0 Å². The van der Waals surface area contributed by atoms with Gasteiger partial charge < -0.3 is 10.6 Å². The minimum atomic E-state index is 0.332. The van der Waals surface area contributed by atoms with E-state index >= 15 is 0 Å². The van der Waals surface area contributed by atoms with Crippen LogP contribution in [0, 0.1) is 11.8 Å². The van der Waals surface area contributed by atoms with Crippen molar-refractivity contribution in [2.45, 2.75) is 13.8 Å². The number of nitrogens with one attached hydrogen (secondary N) is 4. The number of rotatable bonds is 4. The molecule has 4 aliphatic rings. The molecule has 0 atom stereocenters. The SMILES string of the molecule is CC1C=Cc2c(c(/C=N/NC3=NCCN3)c3c(c2/C=N/NC2=NCCN2)C=CC(C)C=C3)C=C1. The summed E-state index contributed by atoms with van der Waals surface area (Å²) in [5, 5.41) is 15.4. The predicted molar refractivity (Wildman–Crippen MR) is 143 cm³/mol. The van der Waals surface area contributed by atoms with Crippen molar-refractivity contribution >= 4 is 48.7 Å². The van der Waals surface area contributed by atoms with Crippen LogP contribution in [0.4, 0.5) is 0 Å². The van der Waals surface area contributed by atoms with Gasteiger partial charge in [0.1, 0.15) is 0 Å². The highest BCUT2D eigenvalue weighted by Gasteiger charge is 2.20. The fraction of sp³-hybridized carbons (Fsp3) is 0.308. The second kappa shape index (κ2) is 9.91. The van der Waals surface area contributed by atoms with Crippen molar-refractivity contribution in [3.63, 3.8) is 0 Å². The van der Waals surface area contributed by atoms with Crippen molar-refractivity contribution in [1.82, 2.24) is 21.5 Å². The van der Waals surface area contributed by atoms with Crippen LogP contribution in [-0.2, 0) is 0 Å². The van der Waals surface area contributed by atoms with Gasteiger partial charge in [0.25, 0.3) is 0 Å². The normalized spacial score (nSPS) is 19.5. The van der Waals surface area contributed by atoms with Crippen molar-refractivity contribution in [2.75, 3.05) is 26.2 Å². The molecule has 0 unspecified atom stereocenters. The first-order chi connectivity index (χ1) is 16.7. The van der Waals surface area contributed by atoms with E-state index in [9.17, 15) is 0 Å². The van der Waals surface area contributed by atoms with Gasteiger partial charge in [-0.15, -0.1) is 0 Å². The Balaban J connectivity index is 1.63. The van der Waals surface area contributed by atoms with Crippen LogP contribution in [0.25, 0.3) is 24.3 Å². The molecule has 174 valence electrons. The maximum Gasteiger partial charge on any atom is 0.212 e. The number of hydrogen-bond donors (Lipinski definition) is 4. The highest BCUT2D eigenvalue weighted by atomic mass is 15.4. The number of hydrogen-bond acceptors (Lipinski definition) is 8. The van der Waals surface area contributed by atoms with Gasteiger partial charge in [0.15, 0.2) is 0 Å². The summed E-state index contributed by atoms with van der Waals surface area (Å²) in [6, 6.07) is 0. The Bertz CT molecular complexity index is 1050. The Morgan fingerprint density at radius 1 is 0.706 bits per heavy atom. The molecule has 2 heterocycles. The zero-order valence-corrected chi connectivity index (χ0v) is 19.5. The molecule has 8 heteroatoms. The van der Waals surface area contributed by atoms with E-state index in [-0.39, 0.29) is 0 Å². The quantitative estimate of drug-likeness (QED) is 0.415. The van der Waals surface area contributed by atoms with Crippen molar-refractivity contribution < 1.29 is 0 Å². The van der Waals surface area contributed by atoms with Gasteiger partial charge >= 0.3 is 0 Å². The molecule has 8 nitrogen and oxygen atoms in total. The monoisotopic (exact) mass is 454 g/mol. The number of fused-ring (bicyclic) bond motifs is 2. The minimum Gasteiger partial charge on any atom is -0.353 e. The van der Waals surface area contributed by atoms with E-state index in [4.69, 9.17) is 0 Å². The summed E-state index contributed by atoms with van der Waals surface area (Å²) in [6.45, 7) is 7.58. The highest BCUT2D eigenvalue weighted by Crippen LogP contribution is 2.34. The molecule has 34 heavy (non-hydrogen) atoms. The molecule has 0 radical (unpaired) electrons. The van der Waals surface area contributed by atoms with Gasteiger partial charge in [-0.3, -0.25) is 0 Å². The van der Waals surface area contributed by atoms with E-state index in [1.807, 2.05) is 12.4 Å². The minimum absolute atomic E-state index is 0.332. The fourth-order valence-electron chi connectivity index (χ4n) is 4.25. The molecule has 0 bridgehead atoms. The molecule has 0 fully saturated rings. The lowest BCUT2D eigenvalue weighted by Gasteiger charge is -2.17. The van der Waals surface area contributed by atoms with E-state index < -0.39 is 0 Å². The zero-order chi connectivity index (χ0) is 23.3.